The summed E-state index contributed by atoms with van der Waals surface area (Å²) in [7, 11) is 5.59. The van der Waals surface area contributed by atoms with Crippen LogP contribution in [0.3, 0.4) is 0 Å². The minimum absolute atomic E-state index is 0.0281. The Kier molecular flexibility index (Phi) is 6.88. The summed E-state index contributed by atoms with van der Waals surface area (Å²) in [6, 6.07) is 7.78. The normalized spacial score (nSPS) is 15.1. The summed E-state index contributed by atoms with van der Waals surface area (Å²) in [5, 5.41) is 14.8. The fourth-order valence-electron chi connectivity index (χ4n) is 3.74. The third-order valence-corrected chi connectivity index (χ3v) is 5.31. The Hall–Kier alpha value is -3.14. The Morgan fingerprint density at radius 2 is 1.97 bits per heavy atom. The predicted octanol–water partition coefficient (Wildman–Crippen LogP) is 2.68. The van der Waals surface area contributed by atoms with Gasteiger partial charge in [0, 0.05) is 25.2 Å². The molecule has 30 heavy (non-hydrogen) atoms. The first kappa shape index (κ1) is 21.6. The highest BCUT2D eigenvalue weighted by atomic mass is 16.6. The average Bonchev–Trinajstić information content (AvgIpc) is 2.74. The van der Waals surface area contributed by atoms with Crippen molar-refractivity contribution in [2.45, 2.75) is 25.3 Å². The molecule has 0 aliphatic carbocycles. The molecule has 1 aliphatic heterocycles. The molecule has 1 saturated heterocycles. The molecule has 10 heteroatoms. The van der Waals surface area contributed by atoms with Crippen molar-refractivity contribution in [2.75, 3.05) is 56.8 Å². The van der Waals surface area contributed by atoms with Crippen molar-refractivity contribution in [2.24, 2.45) is 0 Å². The fourth-order valence-corrected chi connectivity index (χ4v) is 3.74. The number of benzene rings is 1. The standard InChI is InChI=1S/C20H29N7O3/c1-25(2)15(14-9-5-6-10-16(14)30-3)13-22-20-23-18(21)17(27(28)29)19(24-20)26-11-7-4-8-12-26/h5-6,9-10,15H,4,7-8,11-13H2,1-3H3,(H3,21,22,23,24). The van der Waals surface area contributed by atoms with Crippen molar-refractivity contribution in [1.29, 1.82) is 0 Å². The largest absolute Gasteiger partial charge is 0.496 e. The van der Waals surface area contributed by atoms with Crippen LogP contribution in [-0.2, 0) is 0 Å². The second kappa shape index (κ2) is 9.57. The van der Waals surface area contributed by atoms with Gasteiger partial charge in [-0.15, -0.1) is 0 Å². The maximum atomic E-state index is 11.6. The maximum Gasteiger partial charge on any atom is 0.353 e. The van der Waals surface area contributed by atoms with Gasteiger partial charge in [-0.25, -0.2) is 0 Å². The van der Waals surface area contributed by atoms with Crippen LogP contribution in [0.15, 0.2) is 24.3 Å². The number of likely N-dealkylation sites (N-methyl/N-ethyl adjacent to an activating group) is 1. The number of nitrogen functional groups attached to an aromatic ring is 1. The minimum Gasteiger partial charge on any atom is -0.496 e. The van der Waals surface area contributed by atoms with Gasteiger partial charge in [0.25, 0.3) is 0 Å². The Morgan fingerprint density at radius 3 is 2.60 bits per heavy atom. The van der Waals surface area contributed by atoms with E-state index in [1.54, 1.807) is 7.11 Å². The average molecular weight is 415 g/mol. The molecule has 1 fully saturated rings. The molecular formula is C20H29N7O3. The van der Waals surface area contributed by atoms with E-state index in [1.807, 2.05) is 43.3 Å². The Morgan fingerprint density at radius 1 is 1.27 bits per heavy atom. The molecule has 3 rings (SSSR count). The highest BCUT2D eigenvalue weighted by Crippen LogP contribution is 2.34. The van der Waals surface area contributed by atoms with E-state index in [-0.39, 0.29) is 29.3 Å². The van der Waals surface area contributed by atoms with Gasteiger partial charge >= 0.3 is 5.69 Å². The lowest BCUT2D eigenvalue weighted by molar-refractivity contribution is -0.383. The molecule has 0 bridgehead atoms. The van der Waals surface area contributed by atoms with E-state index in [9.17, 15) is 10.1 Å². The van der Waals surface area contributed by atoms with Gasteiger partial charge in [0.05, 0.1) is 18.1 Å². The number of aromatic nitrogens is 2. The maximum absolute atomic E-state index is 11.6. The second-order valence-electron chi connectivity index (χ2n) is 7.51. The number of anilines is 3. The number of nitrogens with two attached hydrogens (primary N) is 1. The molecule has 0 radical (unpaired) electrons. The zero-order valence-corrected chi connectivity index (χ0v) is 17.7. The monoisotopic (exact) mass is 415 g/mol. The number of para-hydroxylation sites is 1. The zero-order chi connectivity index (χ0) is 21.7. The van der Waals surface area contributed by atoms with E-state index in [0.29, 0.717) is 6.54 Å². The highest BCUT2D eigenvalue weighted by Gasteiger charge is 2.28. The van der Waals surface area contributed by atoms with Crippen LogP contribution >= 0.6 is 0 Å². The van der Waals surface area contributed by atoms with Crippen molar-refractivity contribution < 1.29 is 9.66 Å². The predicted molar refractivity (Wildman–Crippen MR) is 117 cm³/mol. The van der Waals surface area contributed by atoms with Crippen LogP contribution in [-0.4, -0.2) is 60.6 Å². The molecule has 1 atom stereocenters. The van der Waals surface area contributed by atoms with Gasteiger partial charge in [-0.05, 0) is 39.4 Å². The van der Waals surface area contributed by atoms with Crippen LogP contribution in [0.2, 0.25) is 0 Å². The van der Waals surface area contributed by atoms with Crippen molar-refractivity contribution in [3.8, 4) is 5.75 Å². The molecule has 1 aromatic carbocycles. The molecule has 1 unspecified atom stereocenters. The van der Waals surface area contributed by atoms with Gasteiger partial charge in [0.15, 0.2) is 0 Å². The van der Waals surface area contributed by atoms with Crippen LogP contribution in [0.5, 0.6) is 5.75 Å². The first-order valence-electron chi connectivity index (χ1n) is 10.0. The molecule has 0 spiro atoms. The van der Waals surface area contributed by atoms with Gasteiger partial charge in [0.2, 0.25) is 17.6 Å². The molecule has 2 aromatic rings. The molecule has 2 heterocycles. The molecule has 3 N–H and O–H groups in total. The smallest absolute Gasteiger partial charge is 0.353 e. The highest BCUT2D eigenvalue weighted by molar-refractivity contribution is 5.71. The molecule has 0 saturated carbocycles. The summed E-state index contributed by atoms with van der Waals surface area (Å²) >= 11 is 0. The summed E-state index contributed by atoms with van der Waals surface area (Å²) in [6.45, 7) is 1.92. The summed E-state index contributed by atoms with van der Waals surface area (Å²) < 4.78 is 5.50. The second-order valence-corrected chi connectivity index (χ2v) is 7.51. The Balaban J connectivity index is 1.88. The van der Waals surface area contributed by atoms with Crippen molar-refractivity contribution in [1.82, 2.24) is 14.9 Å². The van der Waals surface area contributed by atoms with Gasteiger partial charge in [0.1, 0.15) is 5.75 Å². The van der Waals surface area contributed by atoms with Crippen LogP contribution in [0, 0.1) is 10.1 Å². The number of rotatable bonds is 8. The number of nitro groups is 1. The van der Waals surface area contributed by atoms with Crippen molar-refractivity contribution in [3.63, 3.8) is 0 Å². The molecule has 162 valence electrons. The number of nitrogens with one attached hydrogen (secondary N) is 1. The summed E-state index contributed by atoms with van der Waals surface area (Å²) in [5.41, 5.74) is 6.75. The fraction of sp³-hybridized carbons (Fsp3) is 0.500. The number of nitrogens with zero attached hydrogens (tertiary/aromatic N) is 5. The van der Waals surface area contributed by atoms with Gasteiger partial charge < -0.3 is 25.6 Å². The summed E-state index contributed by atoms with van der Waals surface area (Å²) in [4.78, 5) is 23.7. The van der Waals surface area contributed by atoms with Crippen LogP contribution < -0.4 is 20.7 Å². The number of methoxy groups -OCH3 is 1. The van der Waals surface area contributed by atoms with E-state index >= 15 is 0 Å². The Labute approximate surface area is 176 Å². The van der Waals surface area contributed by atoms with E-state index in [0.717, 1.165) is 43.7 Å². The first-order chi connectivity index (χ1) is 14.4. The molecule has 10 nitrogen and oxygen atoms in total. The van der Waals surface area contributed by atoms with Crippen LogP contribution in [0.1, 0.15) is 30.9 Å². The van der Waals surface area contributed by atoms with Crippen LogP contribution in [0.25, 0.3) is 0 Å². The topological polar surface area (TPSA) is 123 Å². The first-order valence-corrected chi connectivity index (χ1v) is 10.0. The van der Waals surface area contributed by atoms with Gasteiger partial charge in [-0.2, -0.15) is 9.97 Å². The van der Waals surface area contributed by atoms with Gasteiger partial charge in [-0.1, -0.05) is 18.2 Å². The van der Waals surface area contributed by atoms with Gasteiger partial charge in [-0.3, -0.25) is 10.1 Å². The molecular weight excluding hydrogens is 386 g/mol. The van der Waals surface area contributed by atoms with Crippen LogP contribution in [0.4, 0.5) is 23.3 Å². The Bertz CT molecular complexity index is 885. The van der Waals surface area contributed by atoms with E-state index in [2.05, 4.69) is 20.2 Å². The summed E-state index contributed by atoms with van der Waals surface area (Å²) in [6.07, 6.45) is 3.06. The quantitative estimate of drug-likeness (QED) is 0.495. The number of hydrogen-bond acceptors (Lipinski definition) is 9. The SMILES string of the molecule is COc1ccccc1C(CNc1nc(N)c([N+](=O)[O-])c(N2CCCCC2)n1)N(C)C. The zero-order valence-electron chi connectivity index (χ0n) is 17.7. The molecule has 1 aliphatic rings. The number of piperidine rings is 1. The lowest BCUT2D eigenvalue weighted by atomic mass is 10.0. The minimum atomic E-state index is -0.499. The lowest BCUT2D eigenvalue weighted by Gasteiger charge is -2.28. The van der Waals surface area contributed by atoms with E-state index in [1.165, 1.54) is 0 Å². The van der Waals surface area contributed by atoms with E-state index in [4.69, 9.17) is 10.5 Å². The third kappa shape index (κ3) is 4.70. The molecule has 1 aromatic heterocycles. The van der Waals surface area contributed by atoms with Crippen molar-refractivity contribution in [3.05, 3.63) is 39.9 Å². The summed E-state index contributed by atoms with van der Waals surface area (Å²) in [5.74, 6) is 1.22. The third-order valence-electron chi connectivity index (χ3n) is 5.31. The molecule has 0 amide bonds. The van der Waals surface area contributed by atoms with Crippen molar-refractivity contribution >= 4 is 23.3 Å². The number of hydrogen-bond donors (Lipinski definition) is 2. The van der Waals surface area contributed by atoms with E-state index < -0.39 is 4.92 Å². The lowest BCUT2D eigenvalue weighted by Crippen LogP contribution is -2.32. The number of ether oxygens (including phenoxy) is 1.